The topological polar surface area (TPSA) is 49.4 Å². The highest BCUT2D eigenvalue weighted by Gasteiger charge is 2.35. The van der Waals surface area contributed by atoms with Crippen molar-refractivity contribution in [2.45, 2.75) is 52.7 Å². The predicted octanol–water partition coefficient (Wildman–Crippen LogP) is 2.12. The van der Waals surface area contributed by atoms with E-state index < -0.39 is 6.04 Å². The van der Waals surface area contributed by atoms with Crippen molar-refractivity contribution in [3.63, 3.8) is 0 Å². The van der Waals surface area contributed by atoms with Gasteiger partial charge in [-0.1, -0.05) is 38.1 Å². The first-order valence-corrected chi connectivity index (χ1v) is 7.57. The van der Waals surface area contributed by atoms with Gasteiger partial charge in [0.2, 0.25) is 11.8 Å². The minimum atomic E-state index is -0.405. The lowest BCUT2D eigenvalue weighted by atomic mass is 9.92. The summed E-state index contributed by atoms with van der Waals surface area (Å²) < 4.78 is 0. The van der Waals surface area contributed by atoms with Crippen LogP contribution in [0.1, 0.15) is 38.8 Å². The smallest absolute Gasteiger partial charge is 0.243 e. The fourth-order valence-electron chi connectivity index (χ4n) is 2.70. The molecule has 1 aromatic rings. The third kappa shape index (κ3) is 3.43. The van der Waals surface area contributed by atoms with Crippen molar-refractivity contribution in [2.24, 2.45) is 5.92 Å². The molecule has 1 aliphatic heterocycles. The normalized spacial score (nSPS) is 17.8. The molecule has 2 amide bonds. The Kier molecular flexibility index (Phi) is 4.66. The Balaban J connectivity index is 2.30. The summed E-state index contributed by atoms with van der Waals surface area (Å²) in [5, 5.41) is 2.93. The highest BCUT2D eigenvalue weighted by Crippen LogP contribution is 2.25. The maximum atomic E-state index is 12.5. The molecule has 4 nitrogen and oxygen atoms in total. The molecule has 0 fully saturated rings. The van der Waals surface area contributed by atoms with E-state index in [9.17, 15) is 9.59 Å². The Labute approximate surface area is 126 Å². The molecule has 21 heavy (non-hydrogen) atoms. The molecule has 0 aromatic heterocycles. The minimum absolute atomic E-state index is 0.0356. The van der Waals surface area contributed by atoms with Gasteiger partial charge in [0.25, 0.3) is 0 Å². The van der Waals surface area contributed by atoms with E-state index in [1.165, 1.54) is 0 Å². The van der Waals surface area contributed by atoms with Crippen LogP contribution < -0.4 is 5.32 Å². The quantitative estimate of drug-likeness (QED) is 0.926. The average molecular weight is 288 g/mol. The number of amides is 2. The maximum absolute atomic E-state index is 12.5. The molecule has 0 radical (unpaired) electrons. The van der Waals surface area contributed by atoms with Crippen molar-refractivity contribution in [3.8, 4) is 0 Å². The van der Waals surface area contributed by atoms with E-state index in [1.54, 1.807) is 4.90 Å². The molecule has 1 aliphatic rings. The summed E-state index contributed by atoms with van der Waals surface area (Å²) >= 11 is 0. The number of carbonyl (C=O) groups is 2. The van der Waals surface area contributed by atoms with Crippen LogP contribution in [0.2, 0.25) is 0 Å². The predicted molar refractivity (Wildman–Crippen MR) is 82.6 cm³/mol. The Morgan fingerprint density at radius 2 is 1.76 bits per heavy atom. The molecule has 1 heterocycles. The van der Waals surface area contributed by atoms with Crippen LogP contribution in [0.15, 0.2) is 24.3 Å². The van der Waals surface area contributed by atoms with Gasteiger partial charge in [-0.15, -0.1) is 0 Å². The van der Waals surface area contributed by atoms with Gasteiger partial charge in [-0.05, 0) is 25.0 Å². The molecule has 114 valence electrons. The van der Waals surface area contributed by atoms with Gasteiger partial charge in [-0.2, -0.15) is 0 Å². The Morgan fingerprint density at radius 3 is 2.33 bits per heavy atom. The van der Waals surface area contributed by atoms with E-state index in [0.29, 0.717) is 13.0 Å². The standard InChI is InChI=1S/C17H24N2O2/c1-11(2)17(21)19-10-14-8-6-5-7-13(14)9-15(19)16(20)18-12(3)4/h5-8,11-12,15H,9-10H2,1-4H3,(H,18,20). The van der Waals surface area contributed by atoms with E-state index in [-0.39, 0.29) is 23.8 Å². The van der Waals surface area contributed by atoms with Gasteiger partial charge in [0.15, 0.2) is 0 Å². The fraction of sp³-hybridized carbons (Fsp3) is 0.529. The van der Waals surface area contributed by atoms with Gasteiger partial charge < -0.3 is 10.2 Å². The first kappa shape index (κ1) is 15.5. The molecule has 0 bridgehead atoms. The largest absolute Gasteiger partial charge is 0.352 e. The van der Waals surface area contributed by atoms with E-state index in [4.69, 9.17) is 0 Å². The monoisotopic (exact) mass is 288 g/mol. The summed E-state index contributed by atoms with van der Waals surface area (Å²) in [5.74, 6) is -0.133. The molecule has 1 aromatic carbocycles. The van der Waals surface area contributed by atoms with Gasteiger partial charge in [0.1, 0.15) is 6.04 Å². The molecule has 0 saturated heterocycles. The number of benzene rings is 1. The molecule has 2 rings (SSSR count). The van der Waals surface area contributed by atoms with Gasteiger partial charge in [0, 0.05) is 24.9 Å². The van der Waals surface area contributed by atoms with Gasteiger partial charge in [-0.3, -0.25) is 9.59 Å². The summed E-state index contributed by atoms with van der Waals surface area (Å²) in [6.07, 6.45) is 0.590. The van der Waals surface area contributed by atoms with Crippen molar-refractivity contribution >= 4 is 11.8 Å². The highest BCUT2D eigenvalue weighted by atomic mass is 16.2. The average Bonchev–Trinajstić information content (AvgIpc) is 2.44. The van der Waals surface area contributed by atoms with Crippen molar-refractivity contribution in [2.75, 3.05) is 0 Å². The Morgan fingerprint density at radius 1 is 1.14 bits per heavy atom. The van der Waals surface area contributed by atoms with Crippen LogP contribution in [0.3, 0.4) is 0 Å². The van der Waals surface area contributed by atoms with Crippen LogP contribution in [0, 0.1) is 5.92 Å². The van der Waals surface area contributed by atoms with Crippen molar-refractivity contribution < 1.29 is 9.59 Å². The molecule has 1 N–H and O–H groups in total. The molecular weight excluding hydrogens is 264 g/mol. The van der Waals surface area contributed by atoms with E-state index in [1.807, 2.05) is 52.0 Å². The van der Waals surface area contributed by atoms with Gasteiger partial charge in [0.05, 0.1) is 0 Å². The highest BCUT2D eigenvalue weighted by molar-refractivity contribution is 5.89. The molecule has 0 aliphatic carbocycles. The second-order valence-electron chi connectivity index (χ2n) is 6.27. The third-order valence-electron chi connectivity index (χ3n) is 3.76. The number of fused-ring (bicyclic) bond motifs is 1. The van der Waals surface area contributed by atoms with Crippen LogP contribution in [-0.2, 0) is 22.6 Å². The van der Waals surface area contributed by atoms with Crippen molar-refractivity contribution in [1.82, 2.24) is 10.2 Å². The summed E-state index contributed by atoms with van der Waals surface area (Å²) in [6, 6.07) is 7.71. The van der Waals surface area contributed by atoms with Crippen LogP contribution in [0.5, 0.6) is 0 Å². The summed E-state index contributed by atoms with van der Waals surface area (Å²) in [4.78, 5) is 26.6. The van der Waals surface area contributed by atoms with Gasteiger partial charge in [-0.25, -0.2) is 0 Å². The molecule has 1 atom stereocenters. The lowest BCUT2D eigenvalue weighted by Crippen LogP contribution is -2.54. The Bertz CT molecular complexity index is 537. The van der Waals surface area contributed by atoms with Crippen molar-refractivity contribution in [1.29, 1.82) is 0 Å². The number of carbonyl (C=O) groups excluding carboxylic acids is 2. The van der Waals surface area contributed by atoms with E-state index >= 15 is 0 Å². The van der Waals surface area contributed by atoms with Crippen LogP contribution >= 0.6 is 0 Å². The lowest BCUT2D eigenvalue weighted by Gasteiger charge is -2.37. The van der Waals surface area contributed by atoms with E-state index in [2.05, 4.69) is 5.32 Å². The van der Waals surface area contributed by atoms with Crippen molar-refractivity contribution in [3.05, 3.63) is 35.4 Å². The number of hydrogen-bond donors (Lipinski definition) is 1. The SMILES string of the molecule is CC(C)NC(=O)C1Cc2ccccc2CN1C(=O)C(C)C. The summed E-state index contributed by atoms with van der Waals surface area (Å²) in [7, 11) is 0. The molecule has 0 spiro atoms. The van der Waals surface area contributed by atoms with Gasteiger partial charge >= 0.3 is 0 Å². The second-order valence-corrected chi connectivity index (χ2v) is 6.27. The number of nitrogens with zero attached hydrogens (tertiary/aromatic N) is 1. The zero-order chi connectivity index (χ0) is 15.6. The van der Waals surface area contributed by atoms with Crippen LogP contribution in [-0.4, -0.2) is 28.8 Å². The summed E-state index contributed by atoms with van der Waals surface area (Å²) in [5.41, 5.74) is 2.30. The number of hydrogen-bond acceptors (Lipinski definition) is 2. The third-order valence-corrected chi connectivity index (χ3v) is 3.76. The molecular formula is C17H24N2O2. The number of rotatable bonds is 3. The molecule has 0 saturated carbocycles. The first-order chi connectivity index (χ1) is 9.90. The minimum Gasteiger partial charge on any atom is -0.352 e. The van der Waals surface area contributed by atoms with Crippen LogP contribution in [0.25, 0.3) is 0 Å². The molecule has 4 heteroatoms. The summed E-state index contributed by atoms with van der Waals surface area (Å²) in [6.45, 7) is 8.14. The number of nitrogens with one attached hydrogen (secondary N) is 1. The fourth-order valence-corrected chi connectivity index (χ4v) is 2.70. The van der Waals surface area contributed by atoms with E-state index in [0.717, 1.165) is 11.1 Å². The first-order valence-electron chi connectivity index (χ1n) is 7.57. The zero-order valence-corrected chi connectivity index (χ0v) is 13.2. The lowest BCUT2D eigenvalue weighted by molar-refractivity contribution is -0.144. The Hall–Kier alpha value is -1.84. The molecule has 1 unspecified atom stereocenters. The van der Waals surface area contributed by atoms with Crippen LogP contribution in [0.4, 0.5) is 0 Å². The zero-order valence-electron chi connectivity index (χ0n) is 13.2. The maximum Gasteiger partial charge on any atom is 0.243 e. The second kappa shape index (κ2) is 6.29.